The minimum Gasteiger partial charge on any atom is -0.350 e. The number of piperidine rings is 1. The first-order valence-corrected chi connectivity index (χ1v) is 9.43. The molecule has 0 unspecified atom stereocenters. The molecule has 7 nitrogen and oxygen atoms in total. The fraction of sp³-hybridized carbons (Fsp3) is 0.579. The molecule has 1 aliphatic carbocycles. The van der Waals surface area contributed by atoms with Crippen LogP contribution in [0.25, 0.3) is 0 Å². The Bertz CT molecular complexity index is 862. The van der Waals surface area contributed by atoms with Crippen molar-refractivity contribution in [1.82, 2.24) is 19.8 Å². The fourth-order valence-electron chi connectivity index (χ4n) is 3.95. The van der Waals surface area contributed by atoms with Gasteiger partial charge >= 0.3 is 0 Å². The van der Waals surface area contributed by atoms with E-state index in [0.717, 1.165) is 55.5 Å². The molecule has 7 heteroatoms. The van der Waals surface area contributed by atoms with E-state index in [1.807, 2.05) is 11.8 Å². The molecule has 2 aliphatic rings. The van der Waals surface area contributed by atoms with E-state index < -0.39 is 0 Å². The molecule has 0 saturated carbocycles. The highest BCUT2D eigenvalue weighted by Gasteiger charge is 2.30. The van der Waals surface area contributed by atoms with Crippen LogP contribution in [0, 0.1) is 12.8 Å². The van der Waals surface area contributed by atoms with Crippen molar-refractivity contribution in [2.24, 2.45) is 5.92 Å². The Kier molecular flexibility index (Phi) is 4.61. The van der Waals surface area contributed by atoms with Gasteiger partial charge in [-0.25, -0.2) is 4.68 Å². The highest BCUT2D eigenvalue weighted by atomic mass is 16.5. The molecule has 138 valence electrons. The second-order valence-electron chi connectivity index (χ2n) is 7.37. The number of rotatable bonds is 3. The summed E-state index contributed by atoms with van der Waals surface area (Å²) < 4.78 is 6.93. The molecule has 0 bridgehead atoms. The number of amides is 1. The van der Waals surface area contributed by atoms with E-state index in [-0.39, 0.29) is 11.5 Å². The first-order valence-electron chi connectivity index (χ1n) is 9.43. The number of nitrogens with zero attached hydrogens (tertiary/aromatic N) is 4. The SMILES string of the molecule is Cc1ccc(=O)n(CC2CCN(C(=O)c3onc4c3CCCC4)CC2)n1. The zero-order valence-corrected chi connectivity index (χ0v) is 15.1. The molecule has 2 aromatic rings. The van der Waals surface area contributed by atoms with Gasteiger partial charge < -0.3 is 9.42 Å². The third-order valence-corrected chi connectivity index (χ3v) is 5.49. The van der Waals surface area contributed by atoms with Crippen LogP contribution >= 0.6 is 0 Å². The summed E-state index contributed by atoms with van der Waals surface area (Å²) in [5.74, 6) is 0.759. The fourth-order valence-corrected chi connectivity index (χ4v) is 3.95. The number of fused-ring (bicyclic) bond motifs is 1. The van der Waals surface area contributed by atoms with Crippen molar-refractivity contribution < 1.29 is 9.32 Å². The molecular weight excluding hydrogens is 332 g/mol. The van der Waals surface area contributed by atoms with Gasteiger partial charge in [0.05, 0.1) is 11.4 Å². The standard InChI is InChI=1S/C19H24N4O3/c1-13-6-7-17(24)23(20-13)12-14-8-10-22(11-9-14)19(25)18-15-4-2-3-5-16(15)21-26-18/h6-7,14H,2-5,8-12H2,1H3. The van der Waals surface area contributed by atoms with Gasteiger partial charge in [-0.05, 0) is 57.4 Å². The maximum absolute atomic E-state index is 12.8. The van der Waals surface area contributed by atoms with Gasteiger partial charge in [0.2, 0.25) is 5.76 Å². The van der Waals surface area contributed by atoms with Crippen LogP contribution in [0.5, 0.6) is 0 Å². The number of hydrogen-bond donors (Lipinski definition) is 0. The lowest BCUT2D eigenvalue weighted by molar-refractivity contribution is 0.0637. The monoisotopic (exact) mass is 356 g/mol. The predicted octanol–water partition coefficient (Wildman–Crippen LogP) is 1.97. The summed E-state index contributed by atoms with van der Waals surface area (Å²) in [5, 5.41) is 8.40. The van der Waals surface area contributed by atoms with Crippen molar-refractivity contribution in [3.8, 4) is 0 Å². The van der Waals surface area contributed by atoms with Crippen molar-refractivity contribution in [1.29, 1.82) is 0 Å². The van der Waals surface area contributed by atoms with Crippen LogP contribution in [-0.2, 0) is 19.4 Å². The number of aromatic nitrogens is 3. The summed E-state index contributed by atoms with van der Waals surface area (Å²) in [6, 6.07) is 3.30. The van der Waals surface area contributed by atoms with Gasteiger partial charge in [-0.15, -0.1) is 0 Å². The van der Waals surface area contributed by atoms with Gasteiger partial charge in [0.1, 0.15) is 0 Å². The van der Waals surface area contributed by atoms with Gasteiger partial charge in [-0.2, -0.15) is 5.10 Å². The second kappa shape index (κ2) is 7.05. The average Bonchev–Trinajstić information content (AvgIpc) is 3.09. The Labute approximate surface area is 152 Å². The Morgan fingerprint density at radius 2 is 2.00 bits per heavy atom. The molecule has 0 radical (unpaired) electrons. The van der Waals surface area contributed by atoms with Crippen molar-refractivity contribution in [2.75, 3.05) is 13.1 Å². The van der Waals surface area contributed by atoms with E-state index in [9.17, 15) is 9.59 Å². The van der Waals surface area contributed by atoms with Crippen molar-refractivity contribution >= 4 is 5.91 Å². The molecule has 2 aromatic heterocycles. The minimum absolute atomic E-state index is 0.0371. The molecule has 1 aliphatic heterocycles. The first-order chi connectivity index (χ1) is 12.6. The van der Waals surface area contributed by atoms with Crippen LogP contribution in [0.3, 0.4) is 0 Å². The quantitative estimate of drug-likeness (QED) is 0.840. The molecule has 1 fully saturated rings. The van der Waals surface area contributed by atoms with Gasteiger partial charge in [0.15, 0.2) is 0 Å². The van der Waals surface area contributed by atoms with E-state index >= 15 is 0 Å². The van der Waals surface area contributed by atoms with Crippen LogP contribution in [0.4, 0.5) is 0 Å². The maximum Gasteiger partial charge on any atom is 0.292 e. The average molecular weight is 356 g/mol. The molecule has 26 heavy (non-hydrogen) atoms. The van der Waals surface area contributed by atoms with Crippen molar-refractivity contribution in [3.63, 3.8) is 0 Å². The van der Waals surface area contributed by atoms with Crippen molar-refractivity contribution in [3.05, 3.63) is 45.2 Å². The second-order valence-corrected chi connectivity index (χ2v) is 7.37. The summed E-state index contributed by atoms with van der Waals surface area (Å²) in [4.78, 5) is 26.6. The number of aryl methyl sites for hydroxylation is 2. The molecule has 0 aromatic carbocycles. The zero-order valence-electron chi connectivity index (χ0n) is 15.1. The lowest BCUT2D eigenvalue weighted by Crippen LogP contribution is -2.40. The van der Waals surface area contributed by atoms with Crippen LogP contribution in [-0.4, -0.2) is 38.8 Å². The zero-order chi connectivity index (χ0) is 18.1. The van der Waals surface area contributed by atoms with Crippen LogP contribution in [0.15, 0.2) is 21.5 Å². The van der Waals surface area contributed by atoms with Gasteiger partial charge in [-0.3, -0.25) is 9.59 Å². The Morgan fingerprint density at radius 3 is 2.81 bits per heavy atom. The molecule has 1 amide bonds. The molecule has 0 spiro atoms. The number of likely N-dealkylation sites (tertiary alicyclic amines) is 1. The largest absolute Gasteiger partial charge is 0.350 e. The Morgan fingerprint density at radius 1 is 1.23 bits per heavy atom. The van der Waals surface area contributed by atoms with Gasteiger partial charge in [0, 0.05) is 31.3 Å². The van der Waals surface area contributed by atoms with E-state index in [4.69, 9.17) is 4.52 Å². The summed E-state index contributed by atoms with van der Waals surface area (Å²) in [6.07, 6.45) is 5.73. The molecular formula is C19H24N4O3. The number of carbonyl (C=O) groups excluding carboxylic acids is 1. The topological polar surface area (TPSA) is 81.2 Å². The minimum atomic E-state index is -0.0672. The lowest BCUT2D eigenvalue weighted by Gasteiger charge is -2.31. The maximum atomic E-state index is 12.8. The summed E-state index contributed by atoms with van der Waals surface area (Å²) in [5.41, 5.74) is 2.74. The van der Waals surface area contributed by atoms with E-state index in [2.05, 4.69) is 10.3 Å². The number of hydrogen-bond acceptors (Lipinski definition) is 5. The summed E-state index contributed by atoms with van der Waals surface area (Å²) in [7, 11) is 0. The molecule has 0 N–H and O–H groups in total. The van der Waals surface area contributed by atoms with E-state index in [0.29, 0.717) is 31.3 Å². The Hall–Kier alpha value is -2.44. The normalized spacial score (nSPS) is 18.0. The van der Waals surface area contributed by atoms with Gasteiger partial charge in [-0.1, -0.05) is 5.16 Å². The first kappa shape index (κ1) is 17.0. The van der Waals surface area contributed by atoms with E-state index in [1.165, 1.54) is 0 Å². The smallest absolute Gasteiger partial charge is 0.292 e. The van der Waals surface area contributed by atoms with Crippen LogP contribution < -0.4 is 5.56 Å². The predicted molar refractivity (Wildman–Crippen MR) is 95.0 cm³/mol. The third kappa shape index (κ3) is 3.30. The lowest BCUT2D eigenvalue weighted by atomic mass is 9.94. The summed E-state index contributed by atoms with van der Waals surface area (Å²) >= 11 is 0. The van der Waals surface area contributed by atoms with Gasteiger partial charge in [0.25, 0.3) is 11.5 Å². The highest BCUT2D eigenvalue weighted by Crippen LogP contribution is 2.26. The van der Waals surface area contributed by atoms with Crippen molar-refractivity contribution in [2.45, 2.75) is 52.0 Å². The Balaban J connectivity index is 1.39. The van der Waals surface area contributed by atoms with Crippen LogP contribution in [0.2, 0.25) is 0 Å². The highest BCUT2D eigenvalue weighted by molar-refractivity contribution is 5.93. The molecule has 3 heterocycles. The molecule has 0 atom stereocenters. The molecule has 1 saturated heterocycles. The van der Waals surface area contributed by atoms with Crippen LogP contribution in [0.1, 0.15) is 53.2 Å². The third-order valence-electron chi connectivity index (χ3n) is 5.49. The summed E-state index contributed by atoms with van der Waals surface area (Å²) in [6.45, 7) is 3.86. The number of carbonyl (C=O) groups is 1. The van der Waals surface area contributed by atoms with E-state index in [1.54, 1.807) is 16.8 Å². The molecule has 4 rings (SSSR count).